The predicted octanol–water partition coefficient (Wildman–Crippen LogP) is 7.25. The number of aryl methyl sites for hydroxylation is 1. The van der Waals surface area contributed by atoms with Gasteiger partial charge in [0.1, 0.15) is 11.8 Å². The Morgan fingerprint density at radius 3 is 2.48 bits per heavy atom. The second kappa shape index (κ2) is 14.1. The molecule has 4 aromatic carbocycles. The minimum absolute atomic E-state index is 0.0748. The first-order valence-corrected chi connectivity index (χ1v) is 20.3. The number of piperidine rings is 1. The molecule has 5 aliphatic rings. The third kappa shape index (κ3) is 6.37. The van der Waals surface area contributed by atoms with E-state index in [4.69, 9.17) is 5.10 Å². The maximum Gasteiger partial charge on any atom is 0.255 e. The van der Waals surface area contributed by atoms with Gasteiger partial charge in [-0.25, -0.2) is 0 Å². The topological polar surface area (TPSA) is 93.9 Å². The van der Waals surface area contributed by atoms with Crippen LogP contribution in [0.2, 0.25) is 0 Å². The summed E-state index contributed by atoms with van der Waals surface area (Å²) in [4.78, 5) is 32.7. The molecule has 0 radical (unpaired) electrons. The molecule has 3 fully saturated rings. The zero-order chi connectivity index (χ0) is 37.9. The number of aromatic nitrogens is 2. The number of nitrogens with zero attached hydrogens (tertiary/aromatic N) is 5. The number of phenolic OH excluding ortho intramolecular Hbond substituents is 1. The monoisotopic (exact) mass is 744 g/mol. The lowest BCUT2D eigenvalue weighted by atomic mass is 9.69. The van der Waals surface area contributed by atoms with Crippen LogP contribution in [-0.4, -0.2) is 75.3 Å². The Morgan fingerprint density at radius 1 is 0.821 bits per heavy atom. The van der Waals surface area contributed by atoms with Gasteiger partial charge in [-0.15, -0.1) is 0 Å². The molecule has 4 atom stereocenters. The number of likely N-dealkylation sites (tertiary alicyclic amines) is 1. The first kappa shape index (κ1) is 34.8. The fourth-order valence-electron chi connectivity index (χ4n) is 10.1. The van der Waals surface area contributed by atoms with E-state index >= 15 is 0 Å². The van der Waals surface area contributed by atoms with Crippen molar-refractivity contribution in [3.63, 3.8) is 0 Å². The number of phenols is 1. The van der Waals surface area contributed by atoms with Gasteiger partial charge in [-0.05, 0) is 114 Å². The van der Waals surface area contributed by atoms with Gasteiger partial charge >= 0.3 is 0 Å². The number of fused-ring (bicyclic) bond motifs is 2. The van der Waals surface area contributed by atoms with Gasteiger partial charge in [0.2, 0.25) is 5.91 Å². The first-order chi connectivity index (χ1) is 27.3. The Bertz CT molecular complexity index is 2310. The number of aromatic hydroxyl groups is 1. The second-order valence-electron chi connectivity index (χ2n) is 16.6. The summed E-state index contributed by atoms with van der Waals surface area (Å²) in [7, 11) is 0. The lowest BCUT2D eigenvalue weighted by Crippen LogP contribution is -2.49. The van der Waals surface area contributed by atoms with Crippen molar-refractivity contribution in [2.24, 2.45) is 5.92 Å². The number of hydrogen-bond donors (Lipinski definition) is 2. The molecule has 5 heterocycles. The molecule has 284 valence electrons. The molecule has 0 saturated carbocycles. The lowest BCUT2D eigenvalue weighted by Gasteiger charge is -2.40. The number of carbonyl (C=O) groups is 2. The Hall–Kier alpha value is -5.67. The largest absolute Gasteiger partial charge is 0.508 e. The molecule has 4 aliphatic heterocycles. The number of rotatable bonds is 8. The molecule has 9 heteroatoms. The zero-order valence-electron chi connectivity index (χ0n) is 31.7. The maximum absolute atomic E-state index is 13.2. The van der Waals surface area contributed by atoms with Gasteiger partial charge in [-0.2, -0.15) is 5.10 Å². The third-order valence-electron chi connectivity index (χ3n) is 13.1. The van der Waals surface area contributed by atoms with E-state index in [0.717, 1.165) is 68.0 Å². The number of allylic oxidation sites excluding steroid dienone is 1. The summed E-state index contributed by atoms with van der Waals surface area (Å²) >= 11 is 0. The quantitative estimate of drug-likeness (QED) is 0.174. The molecule has 1 aliphatic carbocycles. The van der Waals surface area contributed by atoms with Gasteiger partial charge in [0.25, 0.3) is 5.91 Å². The minimum atomic E-state index is -0.454. The molecular formula is C47H48N6O3. The van der Waals surface area contributed by atoms with Gasteiger partial charge in [-0.1, -0.05) is 61.2 Å². The van der Waals surface area contributed by atoms with Crippen LogP contribution in [0.1, 0.15) is 81.7 Å². The molecule has 2 amide bonds. The van der Waals surface area contributed by atoms with E-state index in [0.29, 0.717) is 48.6 Å². The van der Waals surface area contributed by atoms with E-state index < -0.39 is 6.04 Å². The summed E-state index contributed by atoms with van der Waals surface area (Å²) in [6.07, 6.45) is 8.61. The van der Waals surface area contributed by atoms with E-state index in [9.17, 15) is 14.7 Å². The molecular weight excluding hydrogens is 697 g/mol. The highest BCUT2D eigenvalue weighted by molar-refractivity contribution is 6.02. The average molecular weight is 745 g/mol. The summed E-state index contributed by atoms with van der Waals surface area (Å²) in [6.45, 7) is 9.57. The Balaban J connectivity index is 0.746. The van der Waals surface area contributed by atoms with Crippen LogP contribution >= 0.6 is 0 Å². The van der Waals surface area contributed by atoms with Crippen LogP contribution in [-0.2, 0) is 17.8 Å². The summed E-state index contributed by atoms with van der Waals surface area (Å²) in [6, 6.07) is 32.1. The number of carbonyl (C=O) groups excluding carboxylic acids is 2. The predicted molar refractivity (Wildman–Crippen MR) is 218 cm³/mol. The minimum Gasteiger partial charge on any atom is -0.508 e. The number of benzene rings is 4. The number of hydrogen-bond acceptors (Lipinski definition) is 6. The van der Waals surface area contributed by atoms with Crippen molar-refractivity contribution >= 4 is 17.5 Å². The summed E-state index contributed by atoms with van der Waals surface area (Å²) in [5, 5.41) is 17.8. The van der Waals surface area contributed by atoms with Gasteiger partial charge in [0.15, 0.2) is 0 Å². The maximum atomic E-state index is 13.2. The molecule has 9 nitrogen and oxygen atoms in total. The Labute approximate surface area is 328 Å². The number of nitrogens with one attached hydrogen (secondary N) is 1. The lowest BCUT2D eigenvalue weighted by molar-refractivity contribution is -0.126. The third-order valence-corrected chi connectivity index (χ3v) is 13.1. The molecule has 10 rings (SSSR count). The van der Waals surface area contributed by atoms with E-state index in [1.807, 2.05) is 30.5 Å². The molecule has 5 aromatic rings. The van der Waals surface area contributed by atoms with E-state index in [1.165, 1.54) is 34.4 Å². The summed E-state index contributed by atoms with van der Waals surface area (Å²) in [5.74, 6) is 1.43. The van der Waals surface area contributed by atoms with Gasteiger partial charge in [0, 0.05) is 73.9 Å². The van der Waals surface area contributed by atoms with Crippen molar-refractivity contribution in [2.75, 3.05) is 37.6 Å². The van der Waals surface area contributed by atoms with Crippen molar-refractivity contribution in [1.82, 2.24) is 24.9 Å². The Morgan fingerprint density at radius 2 is 1.66 bits per heavy atom. The summed E-state index contributed by atoms with van der Waals surface area (Å²) < 4.78 is 2.11. The van der Waals surface area contributed by atoms with Crippen LogP contribution in [0.5, 0.6) is 5.75 Å². The van der Waals surface area contributed by atoms with Crippen LogP contribution in [0.4, 0.5) is 5.69 Å². The highest BCUT2D eigenvalue weighted by Gasteiger charge is 2.39. The van der Waals surface area contributed by atoms with E-state index in [1.54, 1.807) is 4.90 Å². The van der Waals surface area contributed by atoms with Crippen LogP contribution in [0.25, 0.3) is 11.1 Å². The zero-order valence-corrected chi connectivity index (χ0v) is 31.7. The van der Waals surface area contributed by atoms with Gasteiger partial charge in [0.05, 0.1) is 12.2 Å². The standard InChI is InChI=1S/C47H48N6O3/c1-30-7-18-44(46(55)49-30)52-26-36-21-34(10-16-43(36)47(52)56)37-23-48-53(27-37)39-28-50(29-39)24-31-19-20-51(25-31)38-12-8-33(9-13-38)45-41(32-5-3-2-4-6-32)15-11-35-22-40(54)14-17-42(35)45/h2-6,8-10,12-14,16-17,21-23,27,31,39,41,44-45,54H,1,7,11,15,18-20,24-26,28-29H2,(H,49,55)/t31-,41-,44?,45+/m1/s1. The number of anilines is 1. The summed E-state index contributed by atoms with van der Waals surface area (Å²) in [5.41, 5.74) is 11.1. The fraction of sp³-hybridized carbons (Fsp3) is 0.340. The molecule has 56 heavy (non-hydrogen) atoms. The van der Waals surface area contributed by atoms with Gasteiger partial charge < -0.3 is 20.2 Å². The molecule has 0 spiro atoms. The number of amides is 2. The SMILES string of the molecule is C=C1CCC(N2Cc3cc(-c4cnn(C5CN(C[C@H]6CCN(c7ccc([C@@H]8c9ccc(O)cc9CC[C@@H]8c8ccccc8)cc7)C6)C5)c4)ccc3C2=O)C(=O)N1. The van der Waals surface area contributed by atoms with Crippen LogP contribution in [0, 0.1) is 5.92 Å². The highest BCUT2D eigenvalue weighted by Crippen LogP contribution is 2.47. The normalized spacial score (nSPS) is 23.9. The second-order valence-corrected chi connectivity index (χ2v) is 16.6. The van der Waals surface area contributed by atoms with Crippen molar-refractivity contribution in [3.8, 4) is 16.9 Å². The van der Waals surface area contributed by atoms with Crippen LogP contribution in [0.3, 0.4) is 0 Å². The molecule has 0 bridgehead atoms. The molecule has 2 N–H and O–H groups in total. The highest BCUT2D eigenvalue weighted by atomic mass is 16.3. The van der Waals surface area contributed by atoms with Crippen molar-refractivity contribution in [1.29, 1.82) is 0 Å². The smallest absolute Gasteiger partial charge is 0.255 e. The molecule has 3 saturated heterocycles. The van der Waals surface area contributed by atoms with E-state index in [-0.39, 0.29) is 17.7 Å². The Kier molecular flexibility index (Phi) is 8.77. The van der Waals surface area contributed by atoms with Crippen LogP contribution < -0.4 is 10.2 Å². The van der Waals surface area contributed by atoms with Crippen LogP contribution in [0.15, 0.2) is 116 Å². The fourth-order valence-corrected chi connectivity index (χ4v) is 10.1. The van der Waals surface area contributed by atoms with Crippen molar-refractivity contribution < 1.29 is 14.7 Å². The molecule has 1 unspecified atom stereocenters. The van der Waals surface area contributed by atoms with Gasteiger partial charge in [-0.3, -0.25) is 19.2 Å². The average Bonchev–Trinajstić information content (AvgIpc) is 3.95. The van der Waals surface area contributed by atoms with Crippen molar-refractivity contribution in [2.45, 2.75) is 62.6 Å². The molecule has 1 aromatic heterocycles. The van der Waals surface area contributed by atoms with E-state index in [2.05, 4.69) is 99.3 Å². The van der Waals surface area contributed by atoms with Crippen molar-refractivity contribution in [3.05, 3.63) is 149 Å². The first-order valence-electron chi connectivity index (χ1n) is 20.3.